The van der Waals surface area contributed by atoms with Gasteiger partial charge in [0.15, 0.2) is 0 Å². The van der Waals surface area contributed by atoms with Gasteiger partial charge < -0.3 is 24.7 Å². The molecule has 3 aromatic rings. The van der Waals surface area contributed by atoms with E-state index in [1.165, 1.54) is 10.6 Å². The summed E-state index contributed by atoms with van der Waals surface area (Å²) in [5, 5.41) is 13.3. The van der Waals surface area contributed by atoms with Gasteiger partial charge in [-0.1, -0.05) is 0 Å². The average molecular weight is 355 g/mol. The van der Waals surface area contributed by atoms with Gasteiger partial charge in [-0.15, -0.1) is 0 Å². The van der Waals surface area contributed by atoms with Crippen LogP contribution in [0.1, 0.15) is 11.3 Å². The Balaban J connectivity index is 1.62. The number of carbonyl (C=O) groups is 1. The van der Waals surface area contributed by atoms with Crippen LogP contribution in [0.2, 0.25) is 0 Å². The third-order valence-electron chi connectivity index (χ3n) is 4.31. The molecule has 0 aliphatic carbocycles. The van der Waals surface area contributed by atoms with Gasteiger partial charge in [0.05, 0.1) is 7.11 Å². The van der Waals surface area contributed by atoms with Crippen molar-refractivity contribution in [1.82, 2.24) is 14.9 Å². The molecule has 0 atom stereocenters. The summed E-state index contributed by atoms with van der Waals surface area (Å²) in [5.41, 5.74) is 2.23. The molecule has 2 heterocycles. The number of ether oxygens (including phenoxy) is 1. The van der Waals surface area contributed by atoms with Gasteiger partial charge in [0.25, 0.3) is 5.56 Å². The van der Waals surface area contributed by atoms with E-state index in [2.05, 4.69) is 10.3 Å². The zero-order valence-corrected chi connectivity index (χ0v) is 14.7. The highest BCUT2D eigenvalue weighted by Gasteiger charge is 2.09. The third-order valence-corrected chi connectivity index (χ3v) is 4.31. The highest BCUT2D eigenvalue weighted by atomic mass is 16.5. The van der Waals surface area contributed by atoms with E-state index in [-0.39, 0.29) is 18.2 Å². The molecule has 3 N–H and O–H groups in total. The molecule has 136 valence electrons. The van der Waals surface area contributed by atoms with E-state index in [1.807, 2.05) is 24.4 Å². The molecule has 2 aromatic heterocycles. The van der Waals surface area contributed by atoms with Crippen LogP contribution in [0.15, 0.2) is 41.3 Å². The monoisotopic (exact) mass is 355 g/mol. The van der Waals surface area contributed by atoms with Crippen molar-refractivity contribution >= 4 is 16.8 Å². The number of rotatable bonds is 6. The maximum atomic E-state index is 12.1. The van der Waals surface area contributed by atoms with E-state index in [4.69, 9.17) is 4.74 Å². The lowest BCUT2D eigenvalue weighted by Crippen LogP contribution is -2.34. The average Bonchev–Trinajstić information content (AvgIpc) is 3.00. The molecule has 0 aliphatic rings. The molecule has 0 saturated carbocycles. The highest BCUT2D eigenvalue weighted by Crippen LogP contribution is 2.23. The molecule has 0 saturated heterocycles. The van der Waals surface area contributed by atoms with Gasteiger partial charge in [0.2, 0.25) is 5.91 Å². The van der Waals surface area contributed by atoms with E-state index in [0.717, 1.165) is 28.3 Å². The quantitative estimate of drug-likeness (QED) is 0.627. The Bertz CT molecular complexity index is 1000. The van der Waals surface area contributed by atoms with Gasteiger partial charge in [-0.05, 0) is 43.2 Å². The van der Waals surface area contributed by atoms with Crippen molar-refractivity contribution in [2.75, 3.05) is 13.7 Å². The van der Waals surface area contributed by atoms with Crippen LogP contribution in [0.25, 0.3) is 10.9 Å². The minimum Gasteiger partial charge on any atom is -0.508 e. The molecule has 1 aromatic carbocycles. The number of H-pyrrole nitrogens is 1. The van der Waals surface area contributed by atoms with Crippen molar-refractivity contribution in [3.05, 3.63) is 58.1 Å². The number of nitrogens with zero attached hydrogens (tertiary/aromatic N) is 1. The van der Waals surface area contributed by atoms with Crippen molar-refractivity contribution < 1.29 is 14.6 Å². The summed E-state index contributed by atoms with van der Waals surface area (Å²) in [5.74, 6) is 0.432. The first-order valence-corrected chi connectivity index (χ1v) is 8.29. The van der Waals surface area contributed by atoms with E-state index in [0.29, 0.717) is 18.7 Å². The summed E-state index contributed by atoms with van der Waals surface area (Å²) in [6.07, 6.45) is 2.58. The van der Waals surface area contributed by atoms with Crippen LogP contribution in [-0.2, 0) is 17.8 Å². The van der Waals surface area contributed by atoms with Crippen LogP contribution in [0, 0.1) is 6.92 Å². The minimum atomic E-state index is -0.402. The second-order valence-electron chi connectivity index (χ2n) is 6.10. The number of aromatic hydroxyl groups is 1. The SMILES string of the molecule is COc1ccc2[nH]cc(CCNC(=O)Cn3c(C)cc(O)cc3=O)c2c1. The number of hydrogen-bond donors (Lipinski definition) is 3. The van der Waals surface area contributed by atoms with E-state index < -0.39 is 5.56 Å². The Hall–Kier alpha value is -3.22. The van der Waals surface area contributed by atoms with E-state index in [9.17, 15) is 14.7 Å². The first kappa shape index (κ1) is 17.6. The smallest absolute Gasteiger partial charge is 0.254 e. The van der Waals surface area contributed by atoms with Crippen molar-refractivity contribution in [3.63, 3.8) is 0 Å². The summed E-state index contributed by atoms with van der Waals surface area (Å²) < 4.78 is 6.58. The molecule has 7 nitrogen and oxygen atoms in total. The van der Waals surface area contributed by atoms with Crippen LogP contribution in [0.4, 0.5) is 0 Å². The number of benzene rings is 1. The minimum absolute atomic E-state index is 0.0767. The van der Waals surface area contributed by atoms with E-state index >= 15 is 0 Å². The van der Waals surface area contributed by atoms with Crippen molar-refractivity contribution in [2.45, 2.75) is 19.9 Å². The molecule has 26 heavy (non-hydrogen) atoms. The molecule has 1 amide bonds. The van der Waals surface area contributed by atoms with Crippen LogP contribution >= 0.6 is 0 Å². The summed E-state index contributed by atoms with van der Waals surface area (Å²) in [6.45, 7) is 2.05. The largest absolute Gasteiger partial charge is 0.508 e. The standard InChI is InChI=1S/C19H21N3O4/c1-12-7-14(23)8-19(25)22(12)11-18(24)20-6-5-13-10-21-17-4-3-15(26-2)9-16(13)17/h3-4,7-10,21,23H,5-6,11H2,1-2H3,(H,20,24). The molecule has 0 unspecified atom stereocenters. The predicted molar refractivity (Wildman–Crippen MR) is 98.7 cm³/mol. The normalized spacial score (nSPS) is 10.8. The number of nitrogens with one attached hydrogen (secondary N) is 2. The molecule has 0 bridgehead atoms. The zero-order chi connectivity index (χ0) is 18.7. The molecular formula is C19H21N3O4. The van der Waals surface area contributed by atoms with Gasteiger partial charge in [-0.3, -0.25) is 9.59 Å². The number of fused-ring (bicyclic) bond motifs is 1. The number of methoxy groups -OCH3 is 1. The number of aromatic amines is 1. The van der Waals surface area contributed by atoms with Crippen LogP contribution in [-0.4, -0.2) is 34.2 Å². The van der Waals surface area contributed by atoms with Crippen molar-refractivity contribution in [3.8, 4) is 11.5 Å². The van der Waals surface area contributed by atoms with Crippen molar-refractivity contribution in [1.29, 1.82) is 0 Å². The van der Waals surface area contributed by atoms with Crippen LogP contribution in [0.3, 0.4) is 0 Å². The fourth-order valence-corrected chi connectivity index (χ4v) is 2.94. The number of pyridine rings is 1. The molecule has 0 aliphatic heterocycles. The molecule has 3 rings (SSSR count). The molecule has 0 spiro atoms. The Morgan fingerprint density at radius 3 is 2.85 bits per heavy atom. The van der Waals surface area contributed by atoms with Gasteiger partial charge in [0.1, 0.15) is 18.0 Å². The molecular weight excluding hydrogens is 334 g/mol. The van der Waals surface area contributed by atoms with Crippen LogP contribution < -0.4 is 15.6 Å². The molecule has 0 fully saturated rings. The van der Waals surface area contributed by atoms with Gasteiger partial charge >= 0.3 is 0 Å². The maximum Gasteiger partial charge on any atom is 0.254 e. The predicted octanol–water partition coefficient (Wildman–Crippen LogP) is 1.71. The number of amides is 1. The second kappa shape index (κ2) is 7.35. The van der Waals surface area contributed by atoms with Gasteiger partial charge in [0, 0.05) is 35.4 Å². The Morgan fingerprint density at radius 1 is 1.31 bits per heavy atom. The van der Waals surface area contributed by atoms with E-state index in [1.54, 1.807) is 14.0 Å². The van der Waals surface area contributed by atoms with Crippen molar-refractivity contribution in [2.24, 2.45) is 0 Å². The Kier molecular flexibility index (Phi) is 4.97. The van der Waals surface area contributed by atoms with Gasteiger partial charge in [-0.25, -0.2) is 0 Å². The summed E-state index contributed by atoms with van der Waals surface area (Å²) in [4.78, 5) is 27.2. The summed E-state index contributed by atoms with van der Waals surface area (Å²) in [7, 11) is 1.63. The van der Waals surface area contributed by atoms with Crippen LogP contribution in [0.5, 0.6) is 11.5 Å². The maximum absolute atomic E-state index is 12.1. The second-order valence-corrected chi connectivity index (χ2v) is 6.10. The number of hydrogen-bond acceptors (Lipinski definition) is 4. The molecule has 7 heteroatoms. The summed E-state index contributed by atoms with van der Waals surface area (Å²) in [6, 6.07) is 8.36. The highest BCUT2D eigenvalue weighted by molar-refractivity contribution is 5.84. The lowest BCUT2D eigenvalue weighted by molar-refractivity contribution is -0.121. The fourth-order valence-electron chi connectivity index (χ4n) is 2.94. The third kappa shape index (κ3) is 3.72. The lowest BCUT2D eigenvalue weighted by Gasteiger charge is -2.10. The lowest BCUT2D eigenvalue weighted by atomic mass is 10.1. The first-order valence-electron chi connectivity index (χ1n) is 8.29. The number of aromatic nitrogens is 2. The fraction of sp³-hybridized carbons (Fsp3) is 0.263. The Labute approximate surface area is 150 Å². The molecule has 0 radical (unpaired) electrons. The number of carbonyl (C=O) groups excluding carboxylic acids is 1. The van der Waals surface area contributed by atoms with Gasteiger partial charge in [-0.2, -0.15) is 0 Å². The zero-order valence-electron chi connectivity index (χ0n) is 14.7. The summed E-state index contributed by atoms with van der Waals surface area (Å²) >= 11 is 0. The first-order chi connectivity index (χ1) is 12.5. The number of aryl methyl sites for hydroxylation is 1. The Morgan fingerprint density at radius 2 is 2.12 bits per heavy atom. The topological polar surface area (TPSA) is 96.3 Å².